The summed E-state index contributed by atoms with van der Waals surface area (Å²) in [5.41, 5.74) is 0.831. The summed E-state index contributed by atoms with van der Waals surface area (Å²) >= 11 is 0. The second-order valence-corrected chi connectivity index (χ2v) is 5.63. The van der Waals surface area contributed by atoms with E-state index in [-0.39, 0.29) is 23.9 Å². The fourth-order valence-electron chi connectivity index (χ4n) is 2.88. The van der Waals surface area contributed by atoms with Crippen molar-refractivity contribution < 1.29 is 9.18 Å². The highest BCUT2D eigenvalue weighted by atomic mass is 19.1. The summed E-state index contributed by atoms with van der Waals surface area (Å²) in [6, 6.07) is 6.33. The fourth-order valence-corrected chi connectivity index (χ4v) is 2.88. The van der Waals surface area contributed by atoms with Crippen molar-refractivity contribution in [3.63, 3.8) is 0 Å². The first-order chi connectivity index (χ1) is 9.15. The Morgan fingerprint density at radius 1 is 1.42 bits per heavy atom. The Hall–Kier alpha value is -1.42. The molecule has 4 heteroatoms. The predicted molar refractivity (Wildman–Crippen MR) is 70.8 cm³/mol. The average Bonchev–Trinajstić information content (AvgIpc) is 2.61. The molecule has 2 unspecified atom stereocenters. The van der Waals surface area contributed by atoms with Gasteiger partial charge in [0.25, 0.3) is 0 Å². The first kappa shape index (κ1) is 12.6. The van der Waals surface area contributed by atoms with Gasteiger partial charge in [-0.05, 0) is 43.4 Å². The molecule has 0 bridgehead atoms. The molecular formula is C15H19FN2O. The topological polar surface area (TPSA) is 32.3 Å². The highest BCUT2D eigenvalue weighted by Crippen LogP contribution is 2.32. The first-order valence-electron chi connectivity index (χ1n) is 6.97. The number of hydrogen-bond acceptors (Lipinski definition) is 2. The van der Waals surface area contributed by atoms with Gasteiger partial charge in [0.2, 0.25) is 5.91 Å². The molecule has 1 heterocycles. The van der Waals surface area contributed by atoms with Gasteiger partial charge in [0.15, 0.2) is 0 Å². The molecule has 102 valence electrons. The standard InChI is InChI=1S/C15H19FN2O/c1-10-15(19)18(9-11-4-2-5-11)14(17-10)12-6-3-7-13(16)8-12/h3,6-8,10-11,14,17H,2,4-5,9H2,1H3. The Balaban J connectivity index is 1.83. The van der Waals surface area contributed by atoms with Gasteiger partial charge in [-0.3, -0.25) is 10.1 Å². The van der Waals surface area contributed by atoms with E-state index in [2.05, 4.69) is 5.32 Å². The molecule has 1 N–H and O–H groups in total. The fraction of sp³-hybridized carbons (Fsp3) is 0.533. The Bertz CT molecular complexity index is 487. The lowest BCUT2D eigenvalue weighted by Gasteiger charge is -2.33. The largest absolute Gasteiger partial charge is 0.321 e. The monoisotopic (exact) mass is 262 g/mol. The zero-order valence-corrected chi connectivity index (χ0v) is 11.1. The number of halogens is 1. The van der Waals surface area contributed by atoms with Crippen molar-refractivity contribution in [2.45, 2.75) is 38.4 Å². The Labute approximate surface area is 112 Å². The molecule has 3 nitrogen and oxygen atoms in total. The maximum absolute atomic E-state index is 13.4. The molecule has 1 aromatic carbocycles. The van der Waals surface area contributed by atoms with Gasteiger partial charge in [0.1, 0.15) is 12.0 Å². The molecule has 19 heavy (non-hydrogen) atoms. The summed E-state index contributed by atoms with van der Waals surface area (Å²) < 4.78 is 13.4. The molecule has 3 rings (SSSR count). The van der Waals surface area contributed by atoms with Crippen LogP contribution in [0, 0.1) is 11.7 Å². The number of benzene rings is 1. The molecule has 1 aliphatic heterocycles. The molecule has 2 atom stereocenters. The molecule has 1 saturated carbocycles. The van der Waals surface area contributed by atoms with Gasteiger partial charge in [0.05, 0.1) is 6.04 Å². The second-order valence-electron chi connectivity index (χ2n) is 5.63. The molecule has 1 aliphatic carbocycles. The van der Waals surface area contributed by atoms with Crippen LogP contribution in [-0.2, 0) is 4.79 Å². The molecule has 1 saturated heterocycles. The Kier molecular flexibility index (Phi) is 3.27. The van der Waals surface area contributed by atoms with E-state index in [1.807, 2.05) is 17.9 Å². The van der Waals surface area contributed by atoms with E-state index in [1.165, 1.54) is 31.4 Å². The summed E-state index contributed by atoms with van der Waals surface area (Å²) in [7, 11) is 0. The van der Waals surface area contributed by atoms with Crippen LogP contribution in [0.2, 0.25) is 0 Å². The van der Waals surface area contributed by atoms with Crippen molar-refractivity contribution in [2.75, 3.05) is 6.54 Å². The Morgan fingerprint density at radius 2 is 2.21 bits per heavy atom. The number of rotatable bonds is 3. The maximum Gasteiger partial charge on any atom is 0.241 e. The van der Waals surface area contributed by atoms with Gasteiger partial charge in [-0.25, -0.2) is 4.39 Å². The molecule has 2 fully saturated rings. The predicted octanol–water partition coefficient (Wildman–Crippen LogP) is 2.44. The summed E-state index contributed by atoms with van der Waals surface area (Å²) in [5.74, 6) is 0.489. The molecular weight excluding hydrogens is 243 g/mol. The van der Waals surface area contributed by atoms with E-state index in [0.29, 0.717) is 5.92 Å². The number of carbonyl (C=O) groups is 1. The Morgan fingerprint density at radius 3 is 2.84 bits per heavy atom. The zero-order chi connectivity index (χ0) is 13.4. The third-order valence-electron chi connectivity index (χ3n) is 4.22. The van der Waals surface area contributed by atoms with Crippen molar-refractivity contribution in [3.8, 4) is 0 Å². The van der Waals surface area contributed by atoms with Crippen molar-refractivity contribution in [3.05, 3.63) is 35.6 Å². The zero-order valence-electron chi connectivity index (χ0n) is 11.1. The molecule has 0 spiro atoms. The average molecular weight is 262 g/mol. The van der Waals surface area contributed by atoms with Gasteiger partial charge in [-0.2, -0.15) is 0 Å². The highest BCUT2D eigenvalue weighted by molar-refractivity contribution is 5.84. The van der Waals surface area contributed by atoms with Crippen LogP contribution in [0.4, 0.5) is 4.39 Å². The molecule has 1 aromatic rings. The van der Waals surface area contributed by atoms with Crippen LogP contribution in [0.25, 0.3) is 0 Å². The quantitative estimate of drug-likeness (QED) is 0.907. The number of nitrogens with one attached hydrogen (secondary N) is 1. The summed E-state index contributed by atoms with van der Waals surface area (Å²) in [6.45, 7) is 2.66. The lowest BCUT2D eigenvalue weighted by Crippen LogP contribution is -2.37. The third kappa shape index (κ3) is 2.37. The van der Waals surface area contributed by atoms with Crippen molar-refractivity contribution in [2.24, 2.45) is 5.92 Å². The van der Waals surface area contributed by atoms with E-state index < -0.39 is 0 Å². The van der Waals surface area contributed by atoms with E-state index in [0.717, 1.165) is 12.1 Å². The number of nitrogens with zero attached hydrogens (tertiary/aromatic N) is 1. The van der Waals surface area contributed by atoms with Crippen LogP contribution >= 0.6 is 0 Å². The minimum atomic E-state index is -0.255. The normalized spacial score (nSPS) is 27.7. The van der Waals surface area contributed by atoms with Crippen LogP contribution < -0.4 is 5.32 Å². The molecule has 2 aliphatic rings. The summed E-state index contributed by atoms with van der Waals surface area (Å²) in [4.78, 5) is 14.1. The second kappa shape index (κ2) is 4.93. The van der Waals surface area contributed by atoms with Crippen LogP contribution in [0.5, 0.6) is 0 Å². The van der Waals surface area contributed by atoms with E-state index in [1.54, 1.807) is 6.07 Å². The molecule has 0 radical (unpaired) electrons. The third-order valence-corrected chi connectivity index (χ3v) is 4.22. The molecule has 0 aromatic heterocycles. The van der Waals surface area contributed by atoms with Crippen LogP contribution in [0.1, 0.15) is 37.9 Å². The van der Waals surface area contributed by atoms with Crippen LogP contribution in [0.15, 0.2) is 24.3 Å². The van der Waals surface area contributed by atoms with Crippen molar-refractivity contribution >= 4 is 5.91 Å². The van der Waals surface area contributed by atoms with Gasteiger partial charge >= 0.3 is 0 Å². The van der Waals surface area contributed by atoms with Crippen LogP contribution in [-0.4, -0.2) is 23.4 Å². The maximum atomic E-state index is 13.4. The lowest BCUT2D eigenvalue weighted by molar-refractivity contribution is -0.130. The minimum absolute atomic E-state index is 0.126. The van der Waals surface area contributed by atoms with Gasteiger partial charge < -0.3 is 4.90 Å². The van der Waals surface area contributed by atoms with Crippen molar-refractivity contribution in [1.29, 1.82) is 0 Å². The number of hydrogen-bond donors (Lipinski definition) is 1. The number of amides is 1. The highest BCUT2D eigenvalue weighted by Gasteiger charge is 2.38. The lowest BCUT2D eigenvalue weighted by atomic mass is 9.85. The summed E-state index contributed by atoms with van der Waals surface area (Å²) in [5, 5.41) is 3.26. The van der Waals surface area contributed by atoms with E-state index in [9.17, 15) is 9.18 Å². The van der Waals surface area contributed by atoms with E-state index in [4.69, 9.17) is 0 Å². The van der Waals surface area contributed by atoms with Gasteiger partial charge in [-0.15, -0.1) is 0 Å². The van der Waals surface area contributed by atoms with Crippen LogP contribution in [0.3, 0.4) is 0 Å². The van der Waals surface area contributed by atoms with E-state index >= 15 is 0 Å². The van der Waals surface area contributed by atoms with Gasteiger partial charge in [0, 0.05) is 6.54 Å². The SMILES string of the molecule is CC1NC(c2cccc(F)c2)N(CC2CCC2)C1=O. The first-order valence-corrected chi connectivity index (χ1v) is 6.97. The van der Waals surface area contributed by atoms with Crippen molar-refractivity contribution in [1.82, 2.24) is 10.2 Å². The molecule has 1 amide bonds. The summed E-state index contributed by atoms with van der Waals surface area (Å²) in [6.07, 6.45) is 3.49. The minimum Gasteiger partial charge on any atom is -0.321 e. The van der Waals surface area contributed by atoms with Gasteiger partial charge in [-0.1, -0.05) is 18.6 Å². The number of carbonyl (C=O) groups excluding carboxylic acids is 1. The smallest absolute Gasteiger partial charge is 0.241 e.